The normalized spacial score (nSPS) is 15.3. The molecule has 1 saturated heterocycles. The average molecular weight is 913 g/mol. The van der Waals surface area contributed by atoms with Gasteiger partial charge in [-0.3, -0.25) is 34.3 Å². The van der Waals surface area contributed by atoms with Crippen LogP contribution in [-0.4, -0.2) is 84.2 Å². The minimum atomic E-state index is -0.749. The fraction of sp³-hybridized carbons (Fsp3) is 0.217. The molecule has 17 nitrogen and oxygen atoms in total. The molecule has 0 spiro atoms. The van der Waals surface area contributed by atoms with Crippen LogP contribution in [0.3, 0.4) is 0 Å². The maximum Gasteiger partial charge on any atom is 0.255 e. The second-order valence-corrected chi connectivity index (χ2v) is 16.1. The Labute approximate surface area is 380 Å². The molecule has 66 heavy (non-hydrogen) atoms. The van der Waals surface area contributed by atoms with E-state index in [4.69, 9.17) is 16.6 Å². The smallest absolute Gasteiger partial charge is 0.255 e. The van der Waals surface area contributed by atoms with Crippen LogP contribution in [0.2, 0.25) is 5.02 Å². The van der Waals surface area contributed by atoms with Crippen LogP contribution in [0.5, 0.6) is 0 Å². The third-order valence-corrected chi connectivity index (χ3v) is 11.5. The Morgan fingerprint density at radius 1 is 0.909 bits per heavy atom. The Morgan fingerprint density at radius 3 is 2.52 bits per heavy atom. The maximum atomic E-state index is 14.9. The van der Waals surface area contributed by atoms with Crippen LogP contribution in [0.1, 0.15) is 67.9 Å². The van der Waals surface area contributed by atoms with Gasteiger partial charge in [-0.05, 0) is 67.1 Å². The maximum absolute atomic E-state index is 14.9. The van der Waals surface area contributed by atoms with Crippen LogP contribution in [0.4, 0.5) is 26.1 Å². The van der Waals surface area contributed by atoms with Crippen LogP contribution in [0.25, 0.3) is 11.3 Å². The molecule has 2 aromatic heterocycles. The zero-order valence-electron chi connectivity index (χ0n) is 34.9. The number of nitrogens with zero attached hydrogens (tertiary/aromatic N) is 7. The average Bonchev–Trinajstić information content (AvgIpc) is 3.86. The van der Waals surface area contributed by atoms with E-state index >= 15 is 0 Å². The Balaban J connectivity index is 0.727. The van der Waals surface area contributed by atoms with Gasteiger partial charge in [-0.15, -0.1) is 0 Å². The lowest BCUT2D eigenvalue weighted by Crippen LogP contribution is -2.52. The lowest BCUT2D eigenvalue weighted by atomic mass is 9.95. The van der Waals surface area contributed by atoms with Crippen molar-refractivity contribution in [3.8, 4) is 11.3 Å². The van der Waals surface area contributed by atoms with Gasteiger partial charge >= 0.3 is 0 Å². The number of rotatable bonds is 14. The predicted molar refractivity (Wildman–Crippen MR) is 238 cm³/mol. The van der Waals surface area contributed by atoms with Gasteiger partial charge in [0.05, 0.1) is 42.8 Å². The summed E-state index contributed by atoms with van der Waals surface area (Å²) >= 11 is 6.34. The summed E-state index contributed by atoms with van der Waals surface area (Å²) in [6.45, 7) is 1.60. The number of fused-ring (bicyclic) bond motifs is 4. The molecule has 0 bridgehead atoms. The number of imide groups is 1. The molecule has 5 N–H and O–H groups in total. The summed E-state index contributed by atoms with van der Waals surface area (Å²) in [6.07, 6.45) is 3.72. The minimum Gasteiger partial charge on any atom is -0.346 e. The van der Waals surface area contributed by atoms with Gasteiger partial charge in [-0.2, -0.15) is 15.0 Å². The van der Waals surface area contributed by atoms with Gasteiger partial charge in [0.1, 0.15) is 23.4 Å². The zero-order chi connectivity index (χ0) is 45.9. The summed E-state index contributed by atoms with van der Waals surface area (Å²) < 4.78 is 29.9. The topological polar surface area (TPSA) is 218 Å². The summed E-state index contributed by atoms with van der Waals surface area (Å²) in [5.74, 6) is -3.00. The van der Waals surface area contributed by atoms with Gasteiger partial charge in [0.25, 0.3) is 11.8 Å². The molecule has 334 valence electrons. The second kappa shape index (κ2) is 18.8. The lowest BCUT2D eigenvalue weighted by molar-refractivity contribution is -0.137. The van der Waals surface area contributed by atoms with Crippen molar-refractivity contribution in [1.29, 1.82) is 0 Å². The number of aromatic nitrogens is 5. The van der Waals surface area contributed by atoms with E-state index in [2.05, 4.69) is 46.8 Å². The highest BCUT2D eigenvalue weighted by Gasteiger charge is 2.40. The largest absolute Gasteiger partial charge is 0.346 e. The number of benzene rings is 4. The summed E-state index contributed by atoms with van der Waals surface area (Å²) in [4.78, 5) is 79.6. The first-order valence-corrected chi connectivity index (χ1v) is 21.3. The molecular formula is C46H39ClF2N12O5. The van der Waals surface area contributed by atoms with Gasteiger partial charge in [0.2, 0.25) is 23.7 Å². The van der Waals surface area contributed by atoms with E-state index in [-0.39, 0.29) is 79.7 Å². The quantitative estimate of drug-likeness (QED) is 0.0718. The van der Waals surface area contributed by atoms with Gasteiger partial charge in [-0.1, -0.05) is 29.8 Å². The molecule has 5 amide bonds. The SMILES string of the molecule is O=C1CCC(N2Cc3c(NC(=O)CCNCCn4ncc(CNC(=O)c5ccc(Nc6ncc7c(n6)-c6ccc(Cl)cc6C(c6c(F)cccc6F)=NC7)cc5)n4)cccc3C2=O)C(=O)N1. The number of carbonyl (C=O) groups excluding carboxylic acids is 5. The Bertz CT molecular complexity index is 2940. The van der Waals surface area contributed by atoms with Crippen molar-refractivity contribution in [2.45, 2.75) is 51.5 Å². The van der Waals surface area contributed by atoms with Crippen molar-refractivity contribution in [2.75, 3.05) is 23.7 Å². The van der Waals surface area contributed by atoms with E-state index in [0.717, 1.165) is 0 Å². The first kappa shape index (κ1) is 43.5. The highest BCUT2D eigenvalue weighted by atomic mass is 35.5. The molecule has 6 aromatic rings. The van der Waals surface area contributed by atoms with E-state index in [0.29, 0.717) is 80.8 Å². The number of carbonyl (C=O) groups is 5. The Morgan fingerprint density at radius 2 is 1.71 bits per heavy atom. The van der Waals surface area contributed by atoms with Gasteiger partial charge in [0.15, 0.2) is 0 Å². The number of piperidine rings is 1. The van der Waals surface area contributed by atoms with Crippen LogP contribution in [0.15, 0.2) is 96.2 Å². The van der Waals surface area contributed by atoms with Crippen molar-refractivity contribution in [3.63, 3.8) is 0 Å². The molecule has 3 aliphatic rings. The van der Waals surface area contributed by atoms with Crippen molar-refractivity contribution >= 4 is 64.2 Å². The fourth-order valence-corrected chi connectivity index (χ4v) is 8.14. The van der Waals surface area contributed by atoms with Crippen LogP contribution in [-0.2, 0) is 40.6 Å². The summed E-state index contributed by atoms with van der Waals surface area (Å²) in [7, 11) is 0. The van der Waals surface area contributed by atoms with Crippen LogP contribution < -0.4 is 26.6 Å². The molecule has 0 radical (unpaired) electrons. The van der Waals surface area contributed by atoms with Crippen LogP contribution >= 0.6 is 11.6 Å². The van der Waals surface area contributed by atoms with E-state index in [1.54, 1.807) is 73.1 Å². The zero-order valence-corrected chi connectivity index (χ0v) is 35.7. The summed E-state index contributed by atoms with van der Waals surface area (Å²) in [5.41, 5.74) is 5.15. The summed E-state index contributed by atoms with van der Waals surface area (Å²) in [6, 6.07) is 19.7. The van der Waals surface area contributed by atoms with E-state index in [1.807, 2.05) is 0 Å². The number of hydrogen-bond acceptors (Lipinski definition) is 12. The van der Waals surface area contributed by atoms with Gasteiger partial charge in [-0.25, -0.2) is 18.7 Å². The third-order valence-electron chi connectivity index (χ3n) is 11.3. The molecular weight excluding hydrogens is 874 g/mol. The molecule has 20 heteroatoms. The molecule has 1 fully saturated rings. The van der Waals surface area contributed by atoms with E-state index in [9.17, 15) is 32.8 Å². The number of halogens is 3. The standard InChI is InChI=1S/C46H39ClF2N12O5/c47-27-9-12-30-32(19-27)42(40-34(48)4-2-5-35(40)49)51-20-26-21-53-46(58-41(26)30)55-28-10-7-25(8-11-28)43(64)52-22-29-23-54-61(59-29)18-17-50-16-15-39(63)56-36-6-1-3-31-33(36)24-60(45(31)66)37-13-14-38(62)57-44(37)65/h1-12,19,21,23,37,50H,13-18,20,22,24H2,(H,52,64)(H,56,63)(H,53,55,58)(H,57,62,65). The van der Waals surface area contributed by atoms with E-state index < -0.39 is 23.6 Å². The Hall–Kier alpha value is -7.77. The monoisotopic (exact) mass is 912 g/mol. The molecule has 5 heterocycles. The fourth-order valence-electron chi connectivity index (χ4n) is 7.97. The molecule has 4 aromatic carbocycles. The molecule has 0 aliphatic carbocycles. The second-order valence-electron chi connectivity index (χ2n) is 15.6. The summed E-state index contributed by atoms with van der Waals surface area (Å²) in [5, 5.41) is 23.4. The van der Waals surface area contributed by atoms with Crippen molar-refractivity contribution in [2.24, 2.45) is 4.99 Å². The minimum absolute atomic E-state index is 0.0771. The molecule has 0 saturated carbocycles. The van der Waals surface area contributed by atoms with Gasteiger partial charge < -0.3 is 26.2 Å². The highest BCUT2D eigenvalue weighted by molar-refractivity contribution is 6.31. The Kier molecular flexibility index (Phi) is 12.4. The number of amides is 5. The number of anilines is 3. The number of hydrogen-bond donors (Lipinski definition) is 5. The van der Waals surface area contributed by atoms with Crippen molar-refractivity contribution < 1.29 is 32.8 Å². The third kappa shape index (κ3) is 9.24. The first-order chi connectivity index (χ1) is 32.0. The molecule has 9 rings (SSSR count). The lowest BCUT2D eigenvalue weighted by Gasteiger charge is -2.29. The molecule has 1 atom stereocenters. The van der Waals surface area contributed by atoms with Gasteiger partial charge in [0, 0.05) is 88.5 Å². The first-order valence-electron chi connectivity index (χ1n) is 21.0. The number of aliphatic imine (C=N–C) groups is 1. The molecule has 3 aliphatic heterocycles. The highest BCUT2D eigenvalue weighted by Crippen LogP contribution is 2.35. The number of nitrogens with one attached hydrogen (secondary N) is 5. The molecule has 1 unspecified atom stereocenters. The van der Waals surface area contributed by atoms with Crippen molar-refractivity contribution in [1.82, 2.24) is 45.8 Å². The van der Waals surface area contributed by atoms with Crippen molar-refractivity contribution in [3.05, 3.63) is 147 Å². The van der Waals surface area contributed by atoms with E-state index in [1.165, 1.54) is 27.9 Å². The predicted octanol–water partition coefficient (Wildman–Crippen LogP) is 5.07. The van der Waals surface area contributed by atoms with Crippen LogP contribution in [0, 0.1) is 11.6 Å².